The number of halogens is 1. The molecule has 4 nitrogen and oxygen atoms in total. The molecule has 0 amide bonds. The van der Waals surface area contributed by atoms with Gasteiger partial charge < -0.3 is 15.2 Å². The van der Waals surface area contributed by atoms with Gasteiger partial charge in [-0.25, -0.2) is 4.39 Å². The van der Waals surface area contributed by atoms with Crippen LogP contribution >= 0.6 is 0 Å². The molecule has 20 heavy (non-hydrogen) atoms. The van der Waals surface area contributed by atoms with Crippen molar-refractivity contribution in [1.82, 2.24) is 0 Å². The summed E-state index contributed by atoms with van der Waals surface area (Å²) in [5.41, 5.74) is 6.47. The van der Waals surface area contributed by atoms with E-state index in [1.54, 1.807) is 24.3 Å². The first-order chi connectivity index (χ1) is 9.69. The van der Waals surface area contributed by atoms with Gasteiger partial charge in [0, 0.05) is 5.69 Å². The molecule has 0 aliphatic rings. The van der Waals surface area contributed by atoms with Crippen molar-refractivity contribution < 1.29 is 13.9 Å². The predicted octanol–water partition coefficient (Wildman–Crippen LogP) is 2.74. The fourth-order valence-corrected chi connectivity index (χ4v) is 1.56. The number of nitrogens with zero attached hydrogens (tertiary/aromatic N) is 1. The van der Waals surface area contributed by atoms with Crippen LogP contribution < -0.4 is 15.2 Å². The Kier molecular flexibility index (Phi) is 4.40. The first kappa shape index (κ1) is 13.7. The largest absolute Gasteiger partial charge is 0.490 e. The molecule has 0 aliphatic carbocycles. The minimum Gasteiger partial charge on any atom is -0.490 e. The number of nitrogens with two attached hydrogens (primary N) is 1. The SMILES string of the molecule is N#Cc1ccc(OCCOc2ccc(N)cc2)c(F)c1. The Morgan fingerprint density at radius 1 is 1.05 bits per heavy atom. The molecule has 2 aromatic carbocycles. The molecule has 102 valence electrons. The van der Waals surface area contributed by atoms with Gasteiger partial charge in [0.2, 0.25) is 0 Å². The average Bonchev–Trinajstić information content (AvgIpc) is 2.46. The van der Waals surface area contributed by atoms with E-state index in [0.29, 0.717) is 11.4 Å². The van der Waals surface area contributed by atoms with Gasteiger partial charge >= 0.3 is 0 Å². The zero-order chi connectivity index (χ0) is 14.4. The third kappa shape index (κ3) is 3.62. The summed E-state index contributed by atoms with van der Waals surface area (Å²) in [5, 5.41) is 8.63. The quantitative estimate of drug-likeness (QED) is 0.671. The second-order valence-corrected chi connectivity index (χ2v) is 4.02. The molecule has 0 aromatic heterocycles. The first-order valence-corrected chi connectivity index (χ1v) is 6.00. The third-order valence-electron chi connectivity index (χ3n) is 2.55. The fraction of sp³-hybridized carbons (Fsp3) is 0.133. The maximum absolute atomic E-state index is 13.5. The lowest BCUT2D eigenvalue weighted by Gasteiger charge is -2.09. The van der Waals surface area contributed by atoms with Gasteiger partial charge in [-0.05, 0) is 42.5 Å². The van der Waals surface area contributed by atoms with Gasteiger partial charge in [-0.2, -0.15) is 5.26 Å². The standard InChI is InChI=1S/C15H13FN2O2/c16-14-9-11(10-17)1-6-15(14)20-8-7-19-13-4-2-12(18)3-5-13/h1-6,9H,7-8,18H2. The molecule has 0 unspecified atom stereocenters. The molecule has 5 heteroatoms. The van der Waals surface area contributed by atoms with E-state index in [2.05, 4.69) is 0 Å². The van der Waals surface area contributed by atoms with E-state index >= 15 is 0 Å². The number of nitrogen functional groups attached to an aromatic ring is 1. The van der Waals surface area contributed by atoms with E-state index in [-0.39, 0.29) is 24.5 Å². The summed E-state index contributed by atoms with van der Waals surface area (Å²) < 4.78 is 24.2. The monoisotopic (exact) mass is 272 g/mol. The molecule has 0 atom stereocenters. The van der Waals surface area contributed by atoms with Crippen LogP contribution in [0.2, 0.25) is 0 Å². The highest BCUT2D eigenvalue weighted by molar-refractivity contribution is 5.41. The maximum Gasteiger partial charge on any atom is 0.166 e. The summed E-state index contributed by atoms with van der Waals surface area (Å²) in [7, 11) is 0. The lowest BCUT2D eigenvalue weighted by Crippen LogP contribution is -2.09. The number of benzene rings is 2. The number of rotatable bonds is 5. The van der Waals surface area contributed by atoms with Crippen molar-refractivity contribution in [2.24, 2.45) is 0 Å². The zero-order valence-corrected chi connectivity index (χ0v) is 10.7. The van der Waals surface area contributed by atoms with Crippen LogP contribution in [0.15, 0.2) is 42.5 Å². The molecular weight excluding hydrogens is 259 g/mol. The summed E-state index contributed by atoms with van der Waals surface area (Å²) in [6, 6.07) is 12.9. The number of nitriles is 1. The highest BCUT2D eigenvalue weighted by Crippen LogP contribution is 2.18. The van der Waals surface area contributed by atoms with Gasteiger partial charge in [-0.1, -0.05) is 0 Å². The second-order valence-electron chi connectivity index (χ2n) is 4.02. The Morgan fingerprint density at radius 2 is 1.75 bits per heavy atom. The molecule has 0 saturated carbocycles. The van der Waals surface area contributed by atoms with Gasteiger partial charge in [-0.3, -0.25) is 0 Å². The Hall–Kier alpha value is -2.74. The van der Waals surface area contributed by atoms with Crippen LogP contribution in [-0.2, 0) is 0 Å². The second kappa shape index (κ2) is 6.43. The molecule has 0 spiro atoms. The van der Waals surface area contributed by atoms with Crippen LogP contribution in [0, 0.1) is 17.1 Å². The van der Waals surface area contributed by atoms with Crippen molar-refractivity contribution in [1.29, 1.82) is 5.26 Å². The van der Waals surface area contributed by atoms with Gasteiger partial charge in [0.25, 0.3) is 0 Å². The van der Waals surface area contributed by atoms with Gasteiger partial charge in [-0.15, -0.1) is 0 Å². The highest BCUT2D eigenvalue weighted by Gasteiger charge is 2.04. The molecule has 0 aliphatic heterocycles. The normalized spacial score (nSPS) is 9.80. The highest BCUT2D eigenvalue weighted by atomic mass is 19.1. The smallest absolute Gasteiger partial charge is 0.166 e. The number of hydrogen-bond donors (Lipinski definition) is 1. The van der Waals surface area contributed by atoms with Crippen LogP contribution in [-0.4, -0.2) is 13.2 Å². The Labute approximate surface area is 116 Å². The van der Waals surface area contributed by atoms with Crippen LogP contribution in [0.3, 0.4) is 0 Å². The summed E-state index contributed by atoms with van der Waals surface area (Å²) in [6.45, 7) is 0.483. The molecule has 0 heterocycles. The van der Waals surface area contributed by atoms with Gasteiger partial charge in [0.05, 0.1) is 11.6 Å². The maximum atomic E-state index is 13.5. The van der Waals surface area contributed by atoms with E-state index < -0.39 is 5.82 Å². The van der Waals surface area contributed by atoms with E-state index in [0.717, 1.165) is 6.07 Å². The molecule has 0 bridgehead atoms. The van der Waals surface area contributed by atoms with Crippen LogP contribution in [0.25, 0.3) is 0 Å². The fourth-order valence-electron chi connectivity index (χ4n) is 1.56. The molecular formula is C15H13FN2O2. The summed E-state index contributed by atoms with van der Waals surface area (Å²) in [6.07, 6.45) is 0. The Balaban J connectivity index is 1.81. The van der Waals surface area contributed by atoms with E-state index in [9.17, 15) is 4.39 Å². The van der Waals surface area contributed by atoms with Crippen molar-refractivity contribution in [3.8, 4) is 17.6 Å². The Bertz CT molecular complexity index is 621. The lowest BCUT2D eigenvalue weighted by molar-refractivity contribution is 0.211. The molecule has 0 fully saturated rings. The van der Waals surface area contributed by atoms with Crippen molar-refractivity contribution in [3.63, 3.8) is 0 Å². The summed E-state index contributed by atoms with van der Waals surface area (Å²) in [4.78, 5) is 0. The first-order valence-electron chi connectivity index (χ1n) is 6.00. The van der Waals surface area contributed by atoms with Crippen molar-refractivity contribution in [2.45, 2.75) is 0 Å². The van der Waals surface area contributed by atoms with Crippen LogP contribution in [0.5, 0.6) is 11.5 Å². The summed E-state index contributed by atoms with van der Waals surface area (Å²) >= 11 is 0. The van der Waals surface area contributed by atoms with E-state index in [1.807, 2.05) is 6.07 Å². The minimum atomic E-state index is -0.559. The van der Waals surface area contributed by atoms with Gasteiger partial charge in [0.1, 0.15) is 19.0 Å². The van der Waals surface area contributed by atoms with Gasteiger partial charge in [0.15, 0.2) is 11.6 Å². The lowest BCUT2D eigenvalue weighted by atomic mass is 10.2. The summed E-state index contributed by atoms with van der Waals surface area (Å²) in [5.74, 6) is 0.213. The molecule has 2 N–H and O–H groups in total. The number of anilines is 1. The topological polar surface area (TPSA) is 68.3 Å². The minimum absolute atomic E-state index is 0.102. The molecule has 2 rings (SSSR count). The van der Waals surface area contributed by atoms with E-state index in [1.165, 1.54) is 12.1 Å². The molecule has 0 saturated heterocycles. The zero-order valence-electron chi connectivity index (χ0n) is 10.7. The van der Waals surface area contributed by atoms with Crippen molar-refractivity contribution >= 4 is 5.69 Å². The molecule has 2 aromatic rings. The van der Waals surface area contributed by atoms with Crippen LogP contribution in [0.1, 0.15) is 5.56 Å². The third-order valence-corrected chi connectivity index (χ3v) is 2.55. The Morgan fingerprint density at radius 3 is 2.40 bits per heavy atom. The van der Waals surface area contributed by atoms with Crippen LogP contribution in [0.4, 0.5) is 10.1 Å². The number of hydrogen-bond acceptors (Lipinski definition) is 4. The van der Waals surface area contributed by atoms with Crippen molar-refractivity contribution in [3.05, 3.63) is 53.8 Å². The predicted molar refractivity (Wildman–Crippen MR) is 73.0 cm³/mol. The average molecular weight is 272 g/mol. The number of ether oxygens (including phenoxy) is 2. The molecule has 0 radical (unpaired) electrons. The van der Waals surface area contributed by atoms with E-state index in [4.69, 9.17) is 20.5 Å². The van der Waals surface area contributed by atoms with Crippen molar-refractivity contribution in [2.75, 3.05) is 18.9 Å².